The molecule has 1 aliphatic rings. The fourth-order valence-corrected chi connectivity index (χ4v) is 2.73. The van der Waals surface area contributed by atoms with Crippen LogP contribution in [0, 0.1) is 9.49 Å². The van der Waals surface area contributed by atoms with Gasteiger partial charge in [-0.3, -0.25) is 4.79 Å². The number of carbonyl (C=O) groups excluding carboxylic acids is 1. The summed E-state index contributed by atoms with van der Waals surface area (Å²) in [5.74, 6) is 0.0562. The van der Waals surface area contributed by atoms with E-state index in [9.17, 15) is 9.90 Å². The van der Waals surface area contributed by atoms with Gasteiger partial charge in [0.05, 0.1) is 11.1 Å². The van der Waals surface area contributed by atoms with Crippen molar-refractivity contribution in [3.63, 3.8) is 0 Å². The molecule has 2 unspecified atom stereocenters. The maximum absolute atomic E-state index is 11.9. The Hall–Kier alpha value is -0.330. The third-order valence-corrected chi connectivity index (χ3v) is 4.90. The lowest BCUT2D eigenvalue weighted by molar-refractivity contribution is 0.0917. The molecule has 2 atom stereocenters. The van der Waals surface area contributed by atoms with E-state index in [0.717, 1.165) is 22.8 Å². The topological polar surface area (TPSA) is 49.3 Å². The lowest BCUT2D eigenvalue weighted by Crippen LogP contribution is -2.32. The zero-order chi connectivity index (χ0) is 13.1. The summed E-state index contributed by atoms with van der Waals surface area (Å²) in [7, 11) is 0. The number of benzene rings is 1. The van der Waals surface area contributed by atoms with Crippen LogP contribution in [0.15, 0.2) is 18.2 Å². The van der Waals surface area contributed by atoms with Crippen molar-refractivity contribution in [3.8, 4) is 0 Å². The molecule has 1 aliphatic carbocycles. The predicted molar refractivity (Wildman–Crippen MR) is 79.9 cm³/mol. The molecule has 0 aromatic heterocycles. The van der Waals surface area contributed by atoms with Crippen LogP contribution < -0.4 is 5.32 Å². The van der Waals surface area contributed by atoms with Crippen LogP contribution >= 0.6 is 34.2 Å². The molecule has 2 N–H and O–H groups in total. The highest BCUT2D eigenvalue weighted by Crippen LogP contribution is 2.25. The molecule has 0 saturated heterocycles. The van der Waals surface area contributed by atoms with Gasteiger partial charge in [0, 0.05) is 21.6 Å². The van der Waals surface area contributed by atoms with E-state index in [1.165, 1.54) is 0 Å². The van der Waals surface area contributed by atoms with Crippen molar-refractivity contribution in [1.82, 2.24) is 5.32 Å². The number of rotatable bonds is 3. The summed E-state index contributed by atoms with van der Waals surface area (Å²) in [4.78, 5) is 11.9. The molecule has 0 spiro atoms. The van der Waals surface area contributed by atoms with E-state index in [-0.39, 0.29) is 17.9 Å². The maximum Gasteiger partial charge on any atom is 0.251 e. The maximum atomic E-state index is 11.9. The fourth-order valence-electron chi connectivity index (χ4n) is 2.22. The Kier molecular flexibility index (Phi) is 4.86. The highest BCUT2D eigenvalue weighted by Gasteiger charge is 2.25. The van der Waals surface area contributed by atoms with Crippen molar-refractivity contribution in [2.24, 2.45) is 5.92 Å². The van der Waals surface area contributed by atoms with Crippen molar-refractivity contribution >= 4 is 40.1 Å². The first-order chi connectivity index (χ1) is 8.58. The van der Waals surface area contributed by atoms with Crippen LogP contribution in [-0.4, -0.2) is 23.7 Å². The molecule has 98 valence electrons. The summed E-state index contributed by atoms with van der Waals surface area (Å²) in [6.07, 6.45) is 2.59. The Morgan fingerprint density at radius 1 is 1.50 bits per heavy atom. The Morgan fingerprint density at radius 2 is 2.28 bits per heavy atom. The first-order valence-electron chi connectivity index (χ1n) is 5.99. The van der Waals surface area contributed by atoms with E-state index in [0.29, 0.717) is 17.1 Å². The molecule has 3 nitrogen and oxygen atoms in total. The SMILES string of the molecule is O=C(NCC1CCCC1O)c1ccc(I)c(Cl)c1. The number of aliphatic hydroxyl groups is 1. The summed E-state index contributed by atoms with van der Waals surface area (Å²) in [6, 6.07) is 5.25. The van der Waals surface area contributed by atoms with Gasteiger partial charge in [0.1, 0.15) is 0 Å². The number of hydrogen-bond acceptors (Lipinski definition) is 2. The first kappa shape index (κ1) is 14.1. The molecular formula is C13H15ClINO2. The van der Waals surface area contributed by atoms with Crippen molar-refractivity contribution in [3.05, 3.63) is 32.4 Å². The molecule has 1 aromatic rings. The van der Waals surface area contributed by atoms with Gasteiger partial charge in [-0.25, -0.2) is 0 Å². The number of aliphatic hydroxyl groups excluding tert-OH is 1. The zero-order valence-electron chi connectivity index (χ0n) is 9.83. The third kappa shape index (κ3) is 3.36. The largest absolute Gasteiger partial charge is 0.393 e. The quantitative estimate of drug-likeness (QED) is 0.794. The highest BCUT2D eigenvalue weighted by atomic mass is 127. The van der Waals surface area contributed by atoms with E-state index < -0.39 is 0 Å². The van der Waals surface area contributed by atoms with E-state index >= 15 is 0 Å². The van der Waals surface area contributed by atoms with E-state index in [1.54, 1.807) is 12.1 Å². The second-order valence-corrected chi connectivity index (χ2v) is 6.17. The molecule has 2 rings (SSSR count). The van der Waals surface area contributed by atoms with Crippen molar-refractivity contribution < 1.29 is 9.90 Å². The molecule has 1 fully saturated rings. The molecule has 1 aromatic carbocycles. The van der Waals surface area contributed by atoms with Gasteiger partial charge < -0.3 is 10.4 Å². The standard InChI is InChI=1S/C13H15ClINO2/c14-10-6-8(4-5-11(10)15)13(18)16-7-9-2-1-3-12(9)17/h4-6,9,12,17H,1-3,7H2,(H,16,18). The van der Waals surface area contributed by atoms with Gasteiger partial charge in [-0.2, -0.15) is 0 Å². The second-order valence-electron chi connectivity index (χ2n) is 4.60. The minimum atomic E-state index is -0.273. The van der Waals surface area contributed by atoms with Crippen molar-refractivity contribution in [2.45, 2.75) is 25.4 Å². The lowest BCUT2D eigenvalue weighted by atomic mass is 10.1. The fraction of sp³-hybridized carbons (Fsp3) is 0.462. The van der Waals surface area contributed by atoms with Gasteiger partial charge in [-0.15, -0.1) is 0 Å². The molecule has 5 heteroatoms. The Balaban J connectivity index is 1.93. The van der Waals surface area contributed by atoms with E-state index in [1.807, 2.05) is 6.07 Å². The smallest absolute Gasteiger partial charge is 0.251 e. The molecule has 1 saturated carbocycles. The van der Waals surface area contributed by atoms with Crippen molar-refractivity contribution in [1.29, 1.82) is 0 Å². The van der Waals surface area contributed by atoms with E-state index in [4.69, 9.17) is 11.6 Å². The van der Waals surface area contributed by atoms with Crippen LogP contribution in [-0.2, 0) is 0 Å². The van der Waals surface area contributed by atoms with Gasteiger partial charge in [-0.1, -0.05) is 18.0 Å². The molecule has 0 heterocycles. The number of halogens is 2. The number of carbonyl (C=O) groups is 1. The highest BCUT2D eigenvalue weighted by molar-refractivity contribution is 14.1. The Morgan fingerprint density at radius 3 is 2.89 bits per heavy atom. The monoisotopic (exact) mass is 379 g/mol. The Labute approximate surface area is 125 Å². The lowest BCUT2D eigenvalue weighted by Gasteiger charge is -2.15. The van der Waals surface area contributed by atoms with Crippen molar-refractivity contribution in [2.75, 3.05) is 6.54 Å². The Bertz CT molecular complexity index is 453. The summed E-state index contributed by atoms with van der Waals surface area (Å²) >= 11 is 8.10. The molecule has 18 heavy (non-hydrogen) atoms. The molecule has 1 amide bonds. The summed E-state index contributed by atoms with van der Waals surface area (Å²) in [5, 5.41) is 13.1. The van der Waals surface area contributed by atoms with Gasteiger partial charge in [-0.05, 0) is 53.6 Å². The normalized spacial score (nSPS) is 23.1. The van der Waals surface area contributed by atoms with Crippen LogP contribution in [0.1, 0.15) is 29.6 Å². The van der Waals surface area contributed by atoms with Gasteiger partial charge in [0.25, 0.3) is 5.91 Å². The summed E-state index contributed by atoms with van der Waals surface area (Å²) in [5.41, 5.74) is 0.563. The van der Waals surface area contributed by atoms with E-state index in [2.05, 4.69) is 27.9 Å². The minimum Gasteiger partial charge on any atom is -0.393 e. The average molecular weight is 380 g/mol. The molecular weight excluding hydrogens is 365 g/mol. The number of hydrogen-bond donors (Lipinski definition) is 2. The van der Waals surface area contributed by atoms with Crippen LogP contribution in [0.25, 0.3) is 0 Å². The molecule has 0 radical (unpaired) electrons. The van der Waals surface area contributed by atoms with Gasteiger partial charge in [0.15, 0.2) is 0 Å². The zero-order valence-corrected chi connectivity index (χ0v) is 12.7. The number of amides is 1. The van der Waals surface area contributed by atoms with Crippen LogP contribution in [0.2, 0.25) is 5.02 Å². The minimum absolute atomic E-state index is 0.132. The molecule has 0 aliphatic heterocycles. The van der Waals surface area contributed by atoms with Gasteiger partial charge in [0.2, 0.25) is 0 Å². The average Bonchev–Trinajstić information content (AvgIpc) is 2.75. The summed E-state index contributed by atoms with van der Waals surface area (Å²) in [6.45, 7) is 0.531. The van der Waals surface area contributed by atoms with Crippen LogP contribution in [0.5, 0.6) is 0 Å². The van der Waals surface area contributed by atoms with Crippen LogP contribution in [0.4, 0.5) is 0 Å². The first-order valence-corrected chi connectivity index (χ1v) is 7.45. The van der Waals surface area contributed by atoms with Gasteiger partial charge >= 0.3 is 0 Å². The third-order valence-electron chi connectivity index (χ3n) is 3.33. The van der Waals surface area contributed by atoms with Crippen LogP contribution in [0.3, 0.4) is 0 Å². The summed E-state index contributed by atoms with van der Waals surface area (Å²) < 4.78 is 0.928. The number of nitrogens with one attached hydrogen (secondary N) is 1. The predicted octanol–water partition coefficient (Wildman–Crippen LogP) is 2.84. The second kappa shape index (κ2) is 6.21. The molecule has 0 bridgehead atoms.